The van der Waals surface area contributed by atoms with E-state index in [1.54, 1.807) is 12.4 Å². The van der Waals surface area contributed by atoms with Gasteiger partial charge in [-0.2, -0.15) is 0 Å². The van der Waals surface area contributed by atoms with Crippen LogP contribution < -0.4 is 10.2 Å². The Bertz CT molecular complexity index is 433. The zero-order valence-electron chi connectivity index (χ0n) is 11.8. The highest BCUT2D eigenvalue weighted by atomic mass is 35.5. The molecular formula is C13H21Cl2N5O. The summed E-state index contributed by atoms with van der Waals surface area (Å²) < 4.78 is 0. The SMILES string of the molecule is Cl.Cl.O=C(C1CCCN1)N1CCN(c2ncccn2)CC1. The minimum Gasteiger partial charge on any atom is -0.338 e. The Labute approximate surface area is 137 Å². The van der Waals surface area contributed by atoms with E-state index in [-0.39, 0.29) is 36.8 Å². The van der Waals surface area contributed by atoms with Gasteiger partial charge in [-0.3, -0.25) is 4.79 Å². The molecule has 6 nitrogen and oxygen atoms in total. The zero-order valence-corrected chi connectivity index (χ0v) is 13.4. The van der Waals surface area contributed by atoms with Crippen molar-refractivity contribution in [3.05, 3.63) is 18.5 Å². The predicted octanol–water partition coefficient (Wildman–Crippen LogP) is 0.721. The summed E-state index contributed by atoms with van der Waals surface area (Å²) >= 11 is 0. The number of aromatic nitrogens is 2. The van der Waals surface area contributed by atoms with Crippen molar-refractivity contribution in [1.29, 1.82) is 0 Å². The lowest BCUT2D eigenvalue weighted by molar-refractivity contribution is -0.133. The molecule has 1 N–H and O–H groups in total. The third-order valence-electron chi connectivity index (χ3n) is 3.78. The van der Waals surface area contributed by atoms with Crippen molar-refractivity contribution in [2.24, 2.45) is 0 Å². The average molecular weight is 334 g/mol. The van der Waals surface area contributed by atoms with E-state index in [2.05, 4.69) is 20.2 Å². The Morgan fingerprint density at radius 1 is 1.14 bits per heavy atom. The number of carbonyl (C=O) groups is 1. The number of carbonyl (C=O) groups excluding carboxylic acids is 1. The standard InChI is InChI=1S/C13H19N5O.2ClH/c19-12(11-3-1-4-14-11)17-7-9-18(10-8-17)13-15-5-2-6-16-13;;/h2,5-6,11,14H,1,3-4,7-10H2;2*1H. The Morgan fingerprint density at radius 2 is 1.81 bits per heavy atom. The van der Waals surface area contributed by atoms with Crippen LogP contribution in [0, 0.1) is 0 Å². The van der Waals surface area contributed by atoms with Crippen molar-refractivity contribution in [2.45, 2.75) is 18.9 Å². The summed E-state index contributed by atoms with van der Waals surface area (Å²) in [6.45, 7) is 4.10. The van der Waals surface area contributed by atoms with E-state index in [0.29, 0.717) is 0 Å². The van der Waals surface area contributed by atoms with Crippen LogP contribution in [0.3, 0.4) is 0 Å². The van der Waals surface area contributed by atoms with E-state index in [1.807, 2.05) is 11.0 Å². The van der Waals surface area contributed by atoms with Gasteiger partial charge in [0.25, 0.3) is 0 Å². The fourth-order valence-electron chi connectivity index (χ4n) is 2.70. The van der Waals surface area contributed by atoms with Gasteiger partial charge in [0.2, 0.25) is 11.9 Å². The molecule has 1 amide bonds. The van der Waals surface area contributed by atoms with Gasteiger partial charge in [-0.1, -0.05) is 0 Å². The topological polar surface area (TPSA) is 61.4 Å². The first-order valence-corrected chi connectivity index (χ1v) is 6.89. The highest BCUT2D eigenvalue weighted by molar-refractivity contribution is 5.85. The van der Waals surface area contributed by atoms with Crippen LogP contribution in [-0.2, 0) is 4.79 Å². The maximum atomic E-state index is 12.3. The second-order valence-corrected chi connectivity index (χ2v) is 5.01. The number of hydrogen-bond donors (Lipinski definition) is 1. The zero-order chi connectivity index (χ0) is 13.1. The largest absolute Gasteiger partial charge is 0.338 e. The molecular weight excluding hydrogens is 313 g/mol. The molecule has 21 heavy (non-hydrogen) atoms. The van der Waals surface area contributed by atoms with Crippen molar-refractivity contribution >= 4 is 36.7 Å². The van der Waals surface area contributed by atoms with Crippen LogP contribution in [0.2, 0.25) is 0 Å². The van der Waals surface area contributed by atoms with E-state index < -0.39 is 0 Å². The van der Waals surface area contributed by atoms with Gasteiger partial charge in [0.15, 0.2) is 0 Å². The summed E-state index contributed by atoms with van der Waals surface area (Å²) in [5.41, 5.74) is 0. The minimum absolute atomic E-state index is 0. The summed E-state index contributed by atoms with van der Waals surface area (Å²) in [4.78, 5) is 24.8. The lowest BCUT2D eigenvalue weighted by atomic mass is 10.2. The number of halogens is 2. The molecule has 2 aliphatic heterocycles. The van der Waals surface area contributed by atoms with Crippen LogP contribution in [0.4, 0.5) is 5.95 Å². The molecule has 0 bridgehead atoms. The van der Waals surface area contributed by atoms with Crippen molar-refractivity contribution < 1.29 is 4.79 Å². The number of nitrogens with one attached hydrogen (secondary N) is 1. The van der Waals surface area contributed by atoms with Crippen LogP contribution in [0.25, 0.3) is 0 Å². The second kappa shape index (κ2) is 8.36. The maximum Gasteiger partial charge on any atom is 0.239 e. The number of anilines is 1. The number of piperazine rings is 1. The summed E-state index contributed by atoms with van der Waals surface area (Å²) in [6, 6.07) is 1.86. The molecule has 8 heteroatoms. The molecule has 2 saturated heterocycles. The molecule has 1 atom stereocenters. The highest BCUT2D eigenvalue weighted by Crippen LogP contribution is 2.13. The lowest BCUT2D eigenvalue weighted by Crippen LogP contribution is -2.53. The van der Waals surface area contributed by atoms with Crippen LogP contribution in [-0.4, -0.2) is 59.5 Å². The second-order valence-electron chi connectivity index (χ2n) is 5.01. The van der Waals surface area contributed by atoms with E-state index in [0.717, 1.165) is 51.5 Å². The smallest absolute Gasteiger partial charge is 0.239 e. The Kier molecular flexibility index (Phi) is 7.14. The predicted molar refractivity (Wildman–Crippen MR) is 86.3 cm³/mol. The monoisotopic (exact) mass is 333 g/mol. The number of nitrogens with zero attached hydrogens (tertiary/aromatic N) is 4. The van der Waals surface area contributed by atoms with E-state index >= 15 is 0 Å². The Morgan fingerprint density at radius 3 is 2.38 bits per heavy atom. The first-order valence-electron chi connectivity index (χ1n) is 6.89. The highest BCUT2D eigenvalue weighted by Gasteiger charge is 2.29. The van der Waals surface area contributed by atoms with Crippen molar-refractivity contribution in [3.8, 4) is 0 Å². The van der Waals surface area contributed by atoms with Crippen LogP contribution >= 0.6 is 24.8 Å². The van der Waals surface area contributed by atoms with Crippen LogP contribution in [0.15, 0.2) is 18.5 Å². The molecule has 1 aromatic rings. The van der Waals surface area contributed by atoms with Gasteiger partial charge in [0.1, 0.15) is 0 Å². The molecule has 1 unspecified atom stereocenters. The molecule has 3 rings (SSSR count). The molecule has 3 heterocycles. The van der Waals surface area contributed by atoms with E-state index in [4.69, 9.17) is 0 Å². The first kappa shape index (κ1) is 17.9. The molecule has 0 spiro atoms. The first-order chi connectivity index (χ1) is 9.34. The van der Waals surface area contributed by atoms with Crippen LogP contribution in [0.1, 0.15) is 12.8 Å². The van der Waals surface area contributed by atoms with Gasteiger partial charge in [-0.25, -0.2) is 9.97 Å². The molecule has 0 aromatic carbocycles. The molecule has 0 aliphatic carbocycles. The number of amides is 1. The third-order valence-corrected chi connectivity index (χ3v) is 3.78. The summed E-state index contributed by atoms with van der Waals surface area (Å²) in [5, 5.41) is 3.27. The van der Waals surface area contributed by atoms with E-state index in [1.165, 1.54) is 0 Å². The summed E-state index contributed by atoms with van der Waals surface area (Å²) in [6.07, 6.45) is 5.58. The van der Waals surface area contributed by atoms with Gasteiger partial charge in [0.05, 0.1) is 6.04 Å². The normalized spacial score (nSPS) is 21.4. The van der Waals surface area contributed by atoms with E-state index in [9.17, 15) is 4.79 Å². The fourth-order valence-corrected chi connectivity index (χ4v) is 2.70. The number of hydrogen-bond acceptors (Lipinski definition) is 5. The maximum absolute atomic E-state index is 12.3. The van der Waals surface area contributed by atoms with Crippen molar-refractivity contribution in [3.63, 3.8) is 0 Å². The molecule has 1 aromatic heterocycles. The van der Waals surface area contributed by atoms with Gasteiger partial charge < -0.3 is 15.1 Å². The molecule has 0 radical (unpaired) electrons. The number of rotatable bonds is 2. The van der Waals surface area contributed by atoms with Gasteiger partial charge in [-0.05, 0) is 25.5 Å². The van der Waals surface area contributed by atoms with Crippen LogP contribution in [0.5, 0.6) is 0 Å². The minimum atomic E-state index is 0. The lowest BCUT2D eigenvalue weighted by Gasteiger charge is -2.35. The average Bonchev–Trinajstić information content (AvgIpc) is 3.02. The van der Waals surface area contributed by atoms with Gasteiger partial charge in [-0.15, -0.1) is 24.8 Å². The Balaban J connectivity index is 0.00000110. The molecule has 0 saturated carbocycles. The van der Waals surface area contributed by atoms with Gasteiger partial charge in [0, 0.05) is 38.6 Å². The molecule has 118 valence electrons. The van der Waals surface area contributed by atoms with Crippen molar-refractivity contribution in [2.75, 3.05) is 37.6 Å². The Hall–Kier alpha value is -1.11. The molecule has 2 aliphatic rings. The summed E-state index contributed by atoms with van der Waals surface area (Å²) in [5.74, 6) is 1.01. The third kappa shape index (κ3) is 4.18. The quantitative estimate of drug-likeness (QED) is 0.864. The summed E-state index contributed by atoms with van der Waals surface area (Å²) in [7, 11) is 0. The van der Waals surface area contributed by atoms with Crippen molar-refractivity contribution in [1.82, 2.24) is 20.2 Å². The molecule has 2 fully saturated rings. The fraction of sp³-hybridized carbons (Fsp3) is 0.615. The van der Waals surface area contributed by atoms with Gasteiger partial charge >= 0.3 is 0 Å².